The van der Waals surface area contributed by atoms with Gasteiger partial charge in [0.05, 0.1) is 0 Å². The van der Waals surface area contributed by atoms with Crippen molar-refractivity contribution in [1.82, 2.24) is 9.97 Å². The van der Waals surface area contributed by atoms with Gasteiger partial charge in [0.15, 0.2) is 0 Å². The van der Waals surface area contributed by atoms with E-state index in [1.807, 2.05) is 75.4 Å². The van der Waals surface area contributed by atoms with Crippen molar-refractivity contribution >= 4 is 28.3 Å². The van der Waals surface area contributed by atoms with Crippen LogP contribution in [0, 0.1) is 13.8 Å². The third-order valence-electron chi connectivity index (χ3n) is 5.13. The van der Waals surface area contributed by atoms with E-state index < -0.39 is 0 Å². The first-order valence-corrected chi connectivity index (χ1v) is 10.6. The van der Waals surface area contributed by atoms with Crippen LogP contribution in [0.2, 0.25) is 0 Å². The molecular formula is C26H26N4O2. The summed E-state index contributed by atoms with van der Waals surface area (Å²) in [4.78, 5) is 21.5. The minimum Gasteiger partial charge on any atom is -0.439 e. The maximum Gasteiger partial charge on any atom is 0.256 e. The normalized spacial score (nSPS) is 10.9. The van der Waals surface area contributed by atoms with Crippen molar-refractivity contribution in [2.45, 2.75) is 33.7 Å². The third-order valence-corrected chi connectivity index (χ3v) is 5.13. The van der Waals surface area contributed by atoms with Crippen LogP contribution < -0.4 is 15.4 Å². The van der Waals surface area contributed by atoms with Crippen molar-refractivity contribution in [3.63, 3.8) is 0 Å². The highest BCUT2D eigenvalue weighted by atomic mass is 16.5. The number of carbonyl (C=O) groups is 1. The zero-order valence-electron chi connectivity index (χ0n) is 18.6. The van der Waals surface area contributed by atoms with Crippen LogP contribution in [0.15, 0.2) is 66.9 Å². The first-order valence-electron chi connectivity index (χ1n) is 10.6. The number of hydrogen-bond acceptors (Lipinski definition) is 5. The Labute approximate surface area is 187 Å². The number of fused-ring (bicyclic) bond motifs is 1. The van der Waals surface area contributed by atoms with Gasteiger partial charge in [-0.2, -0.15) is 4.98 Å². The fourth-order valence-electron chi connectivity index (χ4n) is 3.39. The van der Waals surface area contributed by atoms with Crippen LogP contribution in [-0.2, 0) is 0 Å². The molecule has 32 heavy (non-hydrogen) atoms. The van der Waals surface area contributed by atoms with Crippen LogP contribution in [-0.4, -0.2) is 21.9 Å². The molecule has 0 spiro atoms. The molecular weight excluding hydrogens is 400 g/mol. The van der Waals surface area contributed by atoms with Crippen molar-refractivity contribution in [2.75, 3.05) is 10.6 Å². The molecule has 1 aromatic heterocycles. The third kappa shape index (κ3) is 4.86. The molecule has 0 bridgehead atoms. The van der Waals surface area contributed by atoms with Crippen molar-refractivity contribution in [3.05, 3.63) is 83.6 Å². The molecule has 0 radical (unpaired) electrons. The summed E-state index contributed by atoms with van der Waals surface area (Å²) >= 11 is 0. The van der Waals surface area contributed by atoms with E-state index in [9.17, 15) is 4.79 Å². The second-order valence-corrected chi connectivity index (χ2v) is 8.06. The zero-order valence-corrected chi connectivity index (χ0v) is 18.6. The number of nitrogens with zero attached hydrogens (tertiary/aromatic N) is 2. The van der Waals surface area contributed by atoms with Crippen LogP contribution in [0.25, 0.3) is 10.8 Å². The van der Waals surface area contributed by atoms with Gasteiger partial charge >= 0.3 is 0 Å². The zero-order chi connectivity index (χ0) is 22.7. The number of aromatic nitrogens is 2. The predicted octanol–water partition coefficient (Wildman–Crippen LogP) is 6.11. The van der Waals surface area contributed by atoms with Gasteiger partial charge in [0.25, 0.3) is 5.91 Å². The Balaban J connectivity index is 1.57. The molecule has 4 rings (SSSR count). The Kier molecular flexibility index (Phi) is 6.03. The second kappa shape index (κ2) is 9.06. The molecule has 0 saturated carbocycles. The summed E-state index contributed by atoms with van der Waals surface area (Å²) in [7, 11) is 0. The highest BCUT2D eigenvalue weighted by Crippen LogP contribution is 2.28. The van der Waals surface area contributed by atoms with E-state index in [2.05, 4.69) is 27.5 Å². The Bertz CT molecular complexity index is 1280. The molecule has 1 heterocycles. The number of carbonyl (C=O) groups excluding carboxylic acids is 1. The van der Waals surface area contributed by atoms with Gasteiger partial charge in [0.2, 0.25) is 11.8 Å². The quantitative estimate of drug-likeness (QED) is 0.389. The van der Waals surface area contributed by atoms with Gasteiger partial charge in [0, 0.05) is 29.6 Å². The molecule has 0 aliphatic heterocycles. The maximum absolute atomic E-state index is 13.0. The smallest absolute Gasteiger partial charge is 0.256 e. The van der Waals surface area contributed by atoms with Crippen LogP contribution in [0.4, 0.5) is 11.6 Å². The number of aryl methyl sites for hydroxylation is 2. The molecule has 0 aliphatic carbocycles. The summed E-state index contributed by atoms with van der Waals surface area (Å²) in [5, 5.41) is 7.92. The highest BCUT2D eigenvalue weighted by molar-refractivity contribution is 6.13. The predicted molar refractivity (Wildman–Crippen MR) is 129 cm³/mol. The van der Waals surface area contributed by atoms with Crippen molar-refractivity contribution in [3.8, 4) is 11.6 Å². The molecule has 162 valence electrons. The Hall–Kier alpha value is -3.93. The summed E-state index contributed by atoms with van der Waals surface area (Å²) in [6.07, 6.45) is 1.66. The fourth-order valence-corrected chi connectivity index (χ4v) is 3.39. The Morgan fingerprint density at radius 3 is 2.59 bits per heavy atom. The lowest BCUT2D eigenvalue weighted by molar-refractivity contribution is 0.102. The van der Waals surface area contributed by atoms with Crippen molar-refractivity contribution in [2.24, 2.45) is 0 Å². The van der Waals surface area contributed by atoms with Crippen LogP contribution in [0.5, 0.6) is 11.6 Å². The summed E-state index contributed by atoms with van der Waals surface area (Å²) in [6, 6.07) is 19.1. The van der Waals surface area contributed by atoms with Crippen LogP contribution in [0.3, 0.4) is 0 Å². The first kappa shape index (κ1) is 21.3. The average molecular weight is 427 g/mol. The van der Waals surface area contributed by atoms with Crippen molar-refractivity contribution < 1.29 is 9.53 Å². The van der Waals surface area contributed by atoms with E-state index >= 15 is 0 Å². The molecule has 0 saturated heterocycles. The first-order chi connectivity index (χ1) is 15.4. The largest absolute Gasteiger partial charge is 0.439 e. The van der Waals surface area contributed by atoms with Gasteiger partial charge in [-0.1, -0.05) is 18.2 Å². The van der Waals surface area contributed by atoms with Crippen LogP contribution >= 0.6 is 0 Å². The molecule has 0 unspecified atom stereocenters. The number of ether oxygens (including phenoxy) is 1. The van der Waals surface area contributed by atoms with E-state index in [1.54, 1.807) is 12.3 Å². The standard InChI is InChI=1S/C26H26N4O2/c1-16(2)28-26-27-13-12-24(30-26)32-21-10-11-22-19(15-21)6-5-7-23(22)25(31)29-20-9-8-17(3)18(4)14-20/h5-16H,1-4H3,(H,29,31)(H,27,28,30). The number of rotatable bonds is 6. The SMILES string of the molecule is Cc1ccc(NC(=O)c2cccc3cc(Oc4ccnc(NC(C)C)n4)ccc23)cc1C. The van der Waals surface area contributed by atoms with E-state index in [4.69, 9.17) is 4.74 Å². The molecule has 6 heteroatoms. The number of amides is 1. The lowest BCUT2D eigenvalue weighted by Crippen LogP contribution is -2.12. The van der Waals surface area contributed by atoms with E-state index in [0.29, 0.717) is 23.1 Å². The minimum atomic E-state index is -0.146. The summed E-state index contributed by atoms with van der Waals surface area (Å²) in [5.74, 6) is 1.46. The summed E-state index contributed by atoms with van der Waals surface area (Å²) < 4.78 is 5.94. The lowest BCUT2D eigenvalue weighted by atomic mass is 10.0. The van der Waals surface area contributed by atoms with Crippen molar-refractivity contribution in [1.29, 1.82) is 0 Å². The van der Waals surface area contributed by atoms with Gasteiger partial charge in [-0.15, -0.1) is 0 Å². The lowest BCUT2D eigenvalue weighted by Gasteiger charge is -2.12. The second-order valence-electron chi connectivity index (χ2n) is 8.06. The van der Waals surface area contributed by atoms with E-state index in [1.165, 1.54) is 5.56 Å². The molecule has 1 amide bonds. The van der Waals surface area contributed by atoms with Gasteiger partial charge in [0.1, 0.15) is 5.75 Å². The molecule has 0 fully saturated rings. The molecule has 0 atom stereocenters. The van der Waals surface area contributed by atoms with E-state index in [0.717, 1.165) is 22.0 Å². The van der Waals surface area contributed by atoms with E-state index in [-0.39, 0.29) is 11.9 Å². The van der Waals surface area contributed by atoms with Gasteiger partial charge in [-0.25, -0.2) is 4.98 Å². The Morgan fingerprint density at radius 2 is 1.81 bits per heavy atom. The Morgan fingerprint density at radius 1 is 0.969 bits per heavy atom. The number of anilines is 2. The molecule has 3 aromatic carbocycles. The minimum absolute atomic E-state index is 0.146. The monoisotopic (exact) mass is 426 g/mol. The maximum atomic E-state index is 13.0. The molecule has 6 nitrogen and oxygen atoms in total. The topological polar surface area (TPSA) is 76.1 Å². The van der Waals surface area contributed by atoms with Gasteiger partial charge in [-0.05, 0) is 86.0 Å². The number of hydrogen-bond donors (Lipinski definition) is 2. The summed E-state index contributed by atoms with van der Waals surface area (Å²) in [5.41, 5.74) is 3.72. The van der Waals surface area contributed by atoms with Gasteiger partial charge < -0.3 is 15.4 Å². The average Bonchev–Trinajstić information content (AvgIpc) is 2.75. The van der Waals surface area contributed by atoms with Gasteiger partial charge in [-0.3, -0.25) is 4.79 Å². The summed E-state index contributed by atoms with van der Waals surface area (Å²) in [6.45, 7) is 8.13. The number of benzene rings is 3. The highest BCUT2D eigenvalue weighted by Gasteiger charge is 2.12. The number of nitrogens with one attached hydrogen (secondary N) is 2. The molecule has 2 N–H and O–H groups in total. The fraction of sp³-hybridized carbons (Fsp3) is 0.192. The molecule has 0 aliphatic rings. The van der Waals surface area contributed by atoms with Crippen LogP contribution in [0.1, 0.15) is 35.3 Å². The molecule has 4 aromatic rings.